The molecule has 0 N–H and O–H groups in total. The number of aromatic nitrogens is 2. The van der Waals surface area contributed by atoms with Gasteiger partial charge in [0.2, 0.25) is 11.8 Å². The first-order valence-electron chi connectivity index (χ1n) is 11.4. The van der Waals surface area contributed by atoms with Gasteiger partial charge >= 0.3 is 6.09 Å². The van der Waals surface area contributed by atoms with Crippen LogP contribution in [0.5, 0.6) is 11.6 Å². The molecule has 0 radical (unpaired) electrons. The lowest BCUT2D eigenvalue weighted by Crippen LogP contribution is -2.39. The topological polar surface area (TPSA) is 77.0 Å². The number of halogens is 2. The van der Waals surface area contributed by atoms with Crippen LogP contribution in [0.4, 0.5) is 19.5 Å². The van der Waals surface area contributed by atoms with Crippen molar-refractivity contribution in [2.75, 3.05) is 37.7 Å². The van der Waals surface area contributed by atoms with Crippen molar-refractivity contribution in [3.63, 3.8) is 0 Å². The van der Waals surface area contributed by atoms with Crippen molar-refractivity contribution in [2.24, 2.45) is 0 Å². The number of morpholine rings is 1. The van der Waals surface area contributed by atoms with E-state index >= 15 is 0 Å². The summed E-state index contributed by atoms with van der Waals surface area (Å²) in [7, 11) is 0. The third kappa shape index (κ3) is 5.32. The standard InChI is InChI=1S/C25H24F2N4O4/c26-18-6-7-22(20(27)14-18)35-23-19-15-31(25(32)34-16-17-4-2-1-3-5-17)9-8-21(19)28-24(29-23)30-10-12-33-13-11-30/h1-7,14H,8-13,15-16H2. The Morgan fingerprint density at radius 3 is 2.60 bits per heavy atom. The molecule has 0 spiro atoms. The highest BCUT2D eigenvalue weighted by molar-refractivity contribution is 5.68. The Morgan fingerprint density at radius 2 is 1.83 bits per heavy atom. The molecule has 0 bridgehead atoms. The molecule has 2 aliphatic heterocycles. The second-order valence-corrected chi connectivity index (χ2v) is 8.24. The van der Waals surface area contributed by atoms with Crippen molar-refractivity contribution in [1.29, 1.82) is 0 Å². The molecule has 1 fully saturated rings. The lowest BCUT2D eigenvalue weighted by Gasteiger charge is -2.31. The van der Waals surface area contributed by atoms with Crippen molar-refractivity contribution >= 4 is 12.0 Å². The van der Waals surface area contributed by atoms with Crippen molar-refractivity contribution in [2.45, 2.75) is 19.6 Å². The van der Waals surface area contributed by atoms with Crippen LogP contribution in [-0.4, -0.2) is 53.8 Å². The second-order valence-electron chi connectivity index (χ2n) is 8.24. The van der Waals surface area contributed by atoms with Gasteiger partial charge in [0.05, 0.1) is 31.0 Å². The van der Waals surface area contributed by atoms with Gasteiger partial charge in [-0.05, 0) is 17.7 Å². The minimum Gasteiger partial charge on any atom is -0.445 e. The van der Waals surface area contributed by atoms with Gasteiger partial charge in [0.15, 0.2) is 11.6 Å². The number of fused-ring (bicyclic) bond motifs is 1. The molecular weight excluding hydrogens is 458 g/mol. The van der Waals surface area contributed by atoms with Gasteiger partial charge in [-0.3, -0.25) is 0 Å². The molecule has 0 unspecified atom stereocenters. The maximum atomic E-state index is 14.4. The van der Waals surface area contributed by atoms with Crippen LogP contribution in [0.1, 0.15) is 16.8 Å². The van der Waals surface area contributed by atoms with Gasteiger partial charge in [0, 0.05) is 32.1 Å². The highest BCUT2D eigenvalue weighted by Crippen LogP contribution is 2.33. The molecule has 0 saturated carbocycles. The zero-order chi connectivity index (χ0) is 24.2. The number of rotatable bonds is 5. The molecule has 1 saturated heterocycles. The van der Waals surface area contributed by atoms with Crippen molar-refractivity contribution in [3.8, 4) is 11.6 Å². The monoisotopic (exact) mass is 482 g/mol. The Labute approximate surface area is 201 Å². The summed E-state index contributed by atoms with van der Waals surface area (Å²) in [5.41, 5.74) is 2.16. The highest BCUT2D eigenvalue weighted by atomic mass is 19.1. The van der Waals surface area contributed by atoms with Gasteiger partial charge in [-0.1, -0.05) is 30.3 Å². The number of carbonyl (C=O) groups is 1. The molecule has 2 aromatic carbocycles. The van der Waals surface area contributed by atoms with Crippen LogP contribution in [0.25, 0.3) is 0 Å². The smallest absolute Gasteiger partial charge is 0.410 e. The van der Waals surface area contributed by atoms with E-state index in [1.54, 1.807) is 0 Å². The number of amides is 1. The summed E-state index contributed by atoms with van der Waals surface area (Å²) in [6.45, 7) is 3.02. The van der Waals surface area contributed by atoms with E-state index in [1.165, 1.54) is 11.0 Å². The Bertz CT molecular complexity index is 1210. The number of carbonyl (C=O) groups excluding carboxylic acids is 1. The van der Waals surface area contributed by atoms with E-state index in [1.807, 2.05) is 35.2 Å². The third-order valence-electron chi connectivity index (χ3n) is 5.87. The molecule has 3 aromatic rings. The van der Waals surface area contributed by atoms with Gasteiger partial charge in [0.25, 0.3) is 0 Å². The summed E-state index contributed by atoms with van der Waals surface area (Å²) in [5.74, 6) is -1.14. The largest absolute Gasteiger partial charge is 0.445 e. The van der Waals surface area contributed by atoms with E-state index in [-0.39, 0.29) is 24.8 Å². The van der Waals surface area contributed by atoms with Crippen LogP contribution in [0.15, 0.2) is 48.5 Å². The van der Waals surface area contributed by atoms with Crippen LogP contribution in [0.3, 0.4) is 0 Å². The van der Waals surface area contributed by atoms with Gasteiger partial charge in [-0.2, -0.15) is 4.98 Å². The van der Waals surface area contributed by atoms with Crippen LogP contribution >= 0.6 is 0 Å². The van der Waals surface area contributed by atoms with Crippen molar-refractivity contribution < 1.29 is 27.8 Å². The zero-order valence-corrected chi connectivity index (χ0v) is 19.0. The fraction of sp³-hybridized carbons (Fsp3) is 0.320. The lowest BCUT2D eigenvalue weighted by atomic mass is 10.1. The van der Waals surface area contributed by atoms with Crippen molar-refractivity contribution in [1.82, 2.24) is 14.9 Å². The Kier molecular flexibility index (Phi) is 6.71. The minimum absolute atomic E-state index is 0.127. The summed E-state index contributed by atoms with van der Waals surface area (Å²) in [6, 6.07) is 12.5. The van der Waals surface area contributed by atoms with Crippen LogP contribution in [-0.2, 0) is 29.0 Å². The molecule has 1 amide bonds. The maximum absolute atomic E-state index is 14.4. The number of anilines is 1. The summed E-state index contributed by atoms with van der Waals surface area (Å²) < 4.78 is 44.5. The van der Waals surface area contributed by atoms with Gasteiger partial charge in [0.1, 0.15) is 12.4 Å². The van der Waals surface area contributed by atoms with E-state index in [0.717, 1.165) is 17.7 Å². The normalized spacial score (nSPS) is 15.5. The van der Waals surface area contributed by atoms with Gasteiger partial charge < -0.3 is 24.0 Å². The average Bonchev–Trinajstić information content (AvgIpc) is 2.89. The van der Waals surface area contributed by atoms with Crippen LogP contribution in [0.2, 0.25) is 0 Å². The second kappa shape index (κ2) is 10.2. The van der Waals surface area contributed by atoms with E-state index in [4.69, 9.17) is 19.2 Å². The minimum atomic E-state index is -0.847. The SMILES string of the molecule is O=C(OCc1ccccc1)N1CCc2nc(N3CCOCC3)nc(Oc3ccc(F)cc3F)c2C1. The number of nitrogens with zero attached hydrogens (tertiary/aromatic N) is 4. The molecule has 10 heteroatoms. The molecule has 5 rings (SSSR count). The Hall–Kier alpha value is -3.79. The predicted octanol–water partition coefficient (Wildman–Crippen LogP) is 4.08. The number of hydrogen-bond acceptors (Lipinski definition) is 7. The average molecular weight is 482 g/mol. The number of ether oxygens (including phenoxy) is 3. The molecule has 2 aliphatic rings. The summed E-state index contributed by atoms with van der Waals surface area (Å²) >= 11 is 0. The molecule has 35 heavy (non-hydrogen) atoms. The van der Waals surface area contributed by atoms with Crippen LogP contribution in [0, 0.1) is 11.6 Å². The molecule has 1 aromatic heterocycles. The van der Waals surface area contributed by atoms with E-state index in [9.17, 15) is 13.6 Å². The van der Waals surface area contributed by atoms with Crippen LogP contribution < -0.4 is 9.64 Å². The third-order valence-corrected chi connectivity index (χ3v) is 5.87. The van der Waals surface area contributed by atoms with E-state index in [0.29, 0.717) is 56.5 Å². The first kappa shape index (κ1) is 23.0. The van der Waals surface area contributed by atoms with E-state index < -0.39 is 17.7 Å². The predicted molar refractivity (Wildman–Crippen MR) is 122 cm³/mol. The lowest BCUT2D eigenvalue weighted by molar-refractivity contribution is 0.0911. The summed E-state index contributed by atoms with van der Waals surface area (Å²) in [4.78, 5) is 25.5. The Morgan fingerprint density at radius 1 is 1.03 bits per heavy atom. The fourth-order valence-corrected chi connectivity index (χ4v) is 3.99. The Balaban J connectivity index is 1.40. The highest BCUT2D eigenvalue weighted by Gasteiger charge is 2.29. The number of benzene rings is 2. The first-order chi connectivity index (χ1) is 17.1. The molecular formula is C25H24F2N4O4. The number of hydrogen-bond donors (Lipinski definition) is 0. The van der Waals surface area contributed by atoms with E-state index in [2.05, 4.69) is 4.98 Å². The quantitative estimate of drug-likeness (QED) is 0.542. The fourth-order valence-electron chi connectivity index (χ4n) is 3.99. The van der Waals surface area contributed by atoms with Crippen molar-refractivity contribution in [3.05, 3.63) is 77.0 Å². The molecule has 8 nitrogen and oxygen atoms in total. The molecule has 182 valence electrons. The first-order valence-corrected chi connectivity index (χ1v) is 11.4. The maximum Gasteiger partial charge on any atom is 0.410 e. The molecule has 3 heterocycles. The summed E-state index contributed by atoms with van der Waals surface area (Å²) in [5, 5.41) is 0. The molecule has 0 atom stereocenters. The van der Waals surface area contributed by atoms with Gasteiger partial charge in [-0.25, -0.2) is 18.6 Å². The summed E-state index contributed by atoms with van der Waals surface area (Å²) in [6.07, 6.45) is -0.0200. The molecule has 0 aliphatic carbocycles. The zero-order valence-electron chi connectivity index (χ0n) is 19.0. The van der Waals surface area contributed by atoms with Gasteiger partial charge in [-0.15, -0.1) is 0 Å².